The van der Waals surface area contributed by atoms with Gasteiger partial charge in [-0.05, 0) is 57.2 Å². The average Bonchev–Trinajstić information content (AvgIpc) is 2.59. The van der Waals surface area contributed by atoms with Crippen molar-refractivity contribution in [2.24, 2.45) is 11.7 Å². The molecular formula is C20H25F4N3O2. The van der Waals surface area contributed by atoms with Gasteiger partial charge in [-0.15, -0.1) is 0 Å². The summed E-state index contributed by atoms with van der Waals surface area (Å²) in [6, 6.07) is 2.12. The number of rotatable bonds is 5. The van der Waals surface area contributed by atoms with Gasteiger partial charge in [0, 0.05) is 18.7 Å². The number of piperidine rings is 1. The van der Waals surface area contributed by atoms with Gasteiger partial charge in [0.1, 0.15) is 5.82 Å². The van der Waals surface area contributed by atoms with Crippen molar-refractivity contribution in [3.8, 4) is 0 Å². The lowest BCUT2D eigenvalue weighted by atomic mass is 9.86. The first-order valence-corrected chi connectivity index (χ1v) is 9.22. The van der Waals surface area contributed by atoms with Gasteiger partial charge in [0.05, 0.1) is 22.6 Å². The fourth-order valence-electron chi connectivity index (χ4n) is 3.44. The number of benzene rings is 1. The molecule has 1 heterocycles. The van der Waals surface area contributed by atoms with Crippen LogP contribution in [0.3, 0.4) is 0 Å². The number of nitrogens with two attached hydrogens (primary N) is 1. The van der Waals surface area contributed by atoms with Crippen molar-refractivity contribution in [2.75, 3.05) is 13.1 Å². The molecule has 0 atom stereocenters. The van der Waals surface area contributed by atoms with Crippen molar-refractivity contribution in [3.63, 3.8) is 0 Å². The number of carbonyl (C=O) groups is 1. The van der Waals surface area contributed by atoms with Gasteiger partial charge in [0.15, 0.2) is 0 Å². The zero-order valence-electron chi connectivity index (χ0n) is 16.3. The lowest BCUT2D eigenvalue weighted by Gasteiger charge is -2.34. The monoisotopic (exact) mass is 415 g/mol. The second kappa shape index (κ2) is 8.52. The molecule has 0 aromatic heterocycles. The van der Waals surface area contributed by atoms with Crippen molar-refractivity contribution < 1.29 is 27.5 Å². The molecule has 1 aromatic carbocycles. The van der Waals surface area contributed by atoms with Crippen molar-refractivity contribution in [3.05, 3.63) is 46.9 Å². The molecule has 1 fully saturated rings. The van der Waals surface area contributed by atoms with Gasteiger partial charge in [0.25, 0.3) is 5.91 Å². The van der Waals surface area contributed by atoms with E-state index in [1.165, 1.54) is 4.90 Å². The van der Waals surface area contributed by atoms with Gasteiger partial charge in [-0.3, -0.25) is 4.79 Å². The van der Waals surface area contributed by atoms with Crippen LogP contribution in [0.2, 0.25) is 0 Å². The zero-order valence-corrected chi connectivity index (χ0v) is 16.3. The fraction of sp³-hybridized carbons (Fsp3) is 0.500. The summed E-state index contributed by atoms with van der Waals surface area (Å²) >= 11 is 0. The number of allylic oxidation sites excluding steroid dienone is 1. The van der Waals surface area contributed by atoms with E-state index in [-0.39, 0.29) is 22.9 Å². The van der Waals surface area contributed by atoms with Crippen LogP contribution in [0.5, 0.6) is 0 Å². The molecule has 1 aliphatic rings. The van der Waals surface area contributed by atoms with Crippen LogP contribution >= 0.6 is 0 Å². The lowest BCUT2D eigenvalue weighted by Crippen LogP contribution is -2.42. The normalized spacial score (nSPS) is 16.8. The number of hydrogen-bond donors (Lipinski definition) is 3. The maximum Gasteiger partial charge on any atom is 0.419 e. The second-order valence-corrected chi connectivity index (χ2v) is 7.96. The average molecular weight is 415 g/mol. The van der Waals surface area contributed by atoms with Gasteiger partial charge in [-0.1, -0.05) is 6.07 Å². The second-order valence-electron chi connectivity index (χ2n) is 7.96. The minimum atomic E-state index is -4.83. The van der Waals surface area contributed by atoms with Crippen LogP contribution in [0.25, 0.3) is 0 Å². The molecule has 9 heteroatoms. The number of carbonyl (C=O) groups excluding carboxylic acids is 1. The van der Waals surface area contributed by atoms with Gasteiger partial charge >= 0.3 is 6.18 Å². The molecule has 1 aliphatic heterocycles. The van der Waals surface area contributed by atoms with E-state index in [4.69, 9.17) is 11.1 Å². The third kappa shape index (κ3) is 6.28. The molecule has 2 rings (SSSR count). The molecular weight excluding hydrogens is 390 g/mol. The molecule has 29 heavy (non-hydrogen) atoms. The van der Waals surface area contributed by atoms with Crippen LogP contribution in [-0.2, 0) is 11.0 Å². The maximum absolute atomic E-state index is 13.7. The summed E-state index contributed by atoms with van der Waals surface area (Å²) < 4.78 is 51.6. The molecule has 0 radical (unpaired) electrons. The third-order valence-corrected chi connectivity index (χ3v) is 4.82. The zero-order chi connectivity index (χ0) is 22.0. The molecule has 0 saturated carbocycles. The number of likely N-dealkylation sites (tertiary alicyclic amines) is 1. The number of nitrogens with one attached hydrogen (secondary N) is 1. The SMILES string of the molecule is CC(C)(O)CC1CCN(C(=O)/C(N)=C/C(=N)c2ccc(C(F)(F)F)c(F)c2)CC1. The number of halogens is 4. The van der Waals surface area contributed by atoms with Gasteiger partial charge in [0.2, 0.25) is 0 Å². The van der Waals surface area contributed by atoms with Crippen LogP contribution in [0.1, 0.15) is 44.2 Å². The number of aliphatic hydroxyl groups is 1. The molecule has 0 unspecified atom stereocenters. The predicted octanol–water partition coefficient (Wildman–Crippen LogP) is 3.45. The highest BCUT2D eigenvalue weighted by Gasteiger charge is 2.34. The van der Waals surface area contributed by atoms with Crippen LogP contribution in [-0.4, -0.2) is 40.3 Å². The van der Waals surface area contributed by atoms with Crippen molar-refractivity contribution in [1.29, 1.82) is 5.41 Å². The van der Waals surface area contributed by atoms with Gasteiger partial charge in [-0.2, -0.15) is 13.2 Å². The van der Waals surface area contributed by atoms with E-state index in [9.17, 15) is 27.5 Å². The minimum absolute atomic E-state index is 0.116. The largest absolute Gasteiger partial charge is 0.419 e. The van der Waals surface area contributed by atoms with E-state index >= 15 is 0 Å². The van der Waals surface area contributed by atoms with E-state index in [0.717, 1.165) is 12.1 Å². The Kier molecular flexibility index (Phi) is 6.72. The summed E-state index contributed by atoms with van der Waals surface area (Å²) in [6.45, 7) is 4.38. The Morgan fingerprint density at radius 1 is 1.31 bits per heavy atom. The third-order valence-electron chi connectivity index (χ3n) is 4.82. The van der Waals surface area contributed by atoms with Crippen molar-refractivity contribution in [2.45, 2.75) is 44.9 Å². The van der Waals surface area contributed by atoms with Crippen molar-refractivity contribution in [1.82, 2.24) is 4.90 Å². The molecule has 0 bridgehead atoms. The lowest BCUT2D eigenvalue weighted by molar-refractivity contribution is -0.140. The molecule has 5 nitrogen and oxygen atoms in total. The predicted molar refractivity (Wildman–Crippen MR) is 101 cm³/mol. The summed E-state index contributed by atoms with van der Waals surface area (Å²) in [5.74, 6) is -1.69. The molecule has 1 amide bonds. The van der Waals surface area contributed by atoms with E-state index in [0.29, 0.717) is 44.5 Å². The first-order valence-electron chi connectivity index (χ1n) is 9.22. The van der Waals surface area contributed by atoms with E-state index in [1.807, 2.05) is 0 Å². The Morgan fingerprint density at radius 2 is 1.90 bits per heavy atom. The van der Waals surface area contributed by atoms with Crippen LogP contribution in [0.15, 0.2) is 30.0 Å². The Bertz CT molecular complexity index is 805. The van der Waals surface area contributed by atoms with E-state index < -0.39 is 29.1 Å². The number of alkyl halides is 3. The summed E-state index contributed by atoms with van der Waals surface area (Å²) in [4.78, 5) is 14.0. The van der Waals surface area contributed by atoms with Gasteiger partial charge in [-0.25, -0.2) is 4.39 Å². The molecule has 1 aromatic rings. The molecule has 1 saturated heterocycles. The molecule has 0 spiro atoms. The first kappa shape index (κ1) is 22.9. The maximum atomic E-state index is 13.7. The van der Waals surface area contributed by atoms with Crippen LogP contribution < -0.4 is 5.73 Å². The highest BCUT2D eigenvalue weighted by Crippen LogP contribution is 2.31. The van der Waals surface area contributed by atoms with Crippen LogP contribution in [0.4, 0.5) is 17.6 Å². The summed E-state index contributed by atoms with van der Waals surface area (Å²) in [5.41, 5.74) is 2.86. The molecule has 0 aliphatic carbocycles. The summed E-state index contributed by atoms with van der Waals surface area (Å²) in [6.07, 6.45) is -1.75. The summed E-state index contributed by atoms with van der Waals surface area (Å²) in [5, 5.41) is 17.8. The number of amides is 1. The fourth-order valence-corrected chi connectivity index (χ4v) is 3.44. The van der Waals surface area contributed by atoms with Crippen LogP contribution in [0, 0.1) is 17.1 Å². The highest BCUT2D eigenvalue weighted by molar-refractivity contribution is 6.10. The standard InChI is InChI=1S/C20H25F4N3O2/c1-19(2,29)11-12-5-7-27(8-6-12)18(28)17(26)10-16(25)13-3-4-14(15(21)9-13)20(22,23)24/h3-4,9-10,12,25,29H,5-8,11,26H2,1-2H3/b17-10-,25-16?. The molecule has 160 valence electrons. The van der Waals surface area contributed by atoms with Gasteiger partial charge < -0.3 is 21.1 Å². The Labute approximate surface area is 166 Å². The number of hydrogen-bond acceptors (Lipinski definition) is 4. The van der Waals surface area contributed by atoms with E-state index in [1.54, 1.807) is 13.8 Å². The Balaban J connectivity index is 2.03. The Morgan fingerprint density at radius 3 is 2.38 bits per heavy atom. The quantitative estimate of drug-likeness (QED) is 0.391. The highest BCUT2D eigenvalue weighted by atomic mass is 19.4. The first-order chi connectivity index (χ1) is 13.3. The Hall–Kier alpha value is -2.42. The minimum Gasteiger partial charge on any atom is -0.394 e. The number of nitrogens with zero attached hydrogens (tertiary/aromatic N) is 1. The van der Waals surface area contributed by atoms with Crippen molar-refractivity contribution >= 4 is 11.6 Å². The summed E-state index contributed by atoms with van der Waals surface area (Å²) in [7, 11) is 0. The molecule has 4 N–H and O–H groups in total. The van der Waals surface area contributed by atoms with E-state index in [2.05, 4.69) is 0 Å². The topological polar surface area (TPSA) is 90.4 Å². The smallest absolute Gasteiger partial charge is 0.394 e.